The molecule has 1 aliphatic rings. The molecule has 1 aliphatic carbocycles. The number of rotatable bonds is 4. The lowest BCUT2D eigenvalue weighted by atomic mass is 10.0. The molecule has 0 saturated heterocycles. The van der Waals surface area contributed by atoms with E-state index in [-0.39, 0.29) is 11.9 Å². The summed E-state index contributed by atoms with van der Waals surface area (Å²) in [5, 5.41) is 2.98. The van der Waals surface area contributed by atoms with Crippen molar-refractivity contribution < 1.29 is 9.21 Å². The molecule has 1 unspecified atom stereocenters. The van der Waals surface area contributed by atoms with Crippen molar-refractivity contribution in [1.29, 1.82) is 0 Å². The number of hydrogen-bond donors (Lipinski definition) is 2. The Labute approximate surface area is 111 Å². The van der Waals surface area contributed by atoms with Crippen LogP contribution in [0.25, 0.3) is 0 Å². The van der Waals surface area contributed by atoms with Gasteiger partial charge in [-0.25, -0.2) is 0 Å². The second-order valence-corrected chi connectivity index (χ2v) is 4.99. The third-order valence-electron chi connectivity index (χ3n) is 3.48. The molecule has 1 saturated carbocycles. The van der Waals surface area contributed by atoms with Gasteiger partial charge >= 0.3 is 0 Å². The van der Waals surface area contributed by atoms with Crippen LogP contribution in [0, 0.1) is 0 Å². The molecule has 4 nitrogen and oxygen atoms in total. The van der Waals surface area contributed by atoms with Crippen molar-refractivity contribution in [3.63, 3.8) is 0 Å². The fourth-order valence-corrected chi connectivity index (χ4v) is 2.06. The summed E-state index contributed by atoms with van der Waals surface area (Å²) in [5.41, 5.74) is 6.23. The Morgan fingerprint density at radius 2 is 1.95 bits per heavy atom. The molecule has 1 heterocycles. The lowest BCUT2D eigenvalue weighted by molar-refractivity contribution is -0.123. The van der Waals surface area contributed by atoms with Crippen molar-refractivity contribution in [3.8, 4) is 0 Å². The summed E-state index contributed by atoms with van der Waals surface area (Å²) in [6.45, 7) is 0. The van der Waals surface area contributed by atoms with E-state index in [1.165, 1.54) is 0 Å². The molecule has 0 bridgehead atoms. The predicted molar refractivity (Wildman–Crippen MR) is 71.3 cm³/mol. The first-order chi connectivity index (χ1) is 9.19. The van der Waals surface area contributed by atoms with Crippen LogP contribution in [0.3, 0.4) is 0 Å². The van der Waals surface area contributed by atoms with Gasteiger partial charge in [0.25, 0.3) is 0 Å². The lowest BCUT2D eigenvalue weighted by Crippen LogP contribution is -2.44. The first kappa shape index (κ1) is 12.0. The van der Waals surface area contributed by atoms with Gasteiger partial charge in [0.1, 0.15) is 11.8 Å². The van der Waals surface area contributed by atoms with Crippen molar-refractivity contribution in [2.24, 2.45) is 5.73 Å². The van der Waals surface area contributed by atoms with Crippen LogP contribution >= 0.6 is 0 Å². The molecular formula is C15H16N2O2. The number of furan rings is 1. The minimum absolute atomic E-state index is 0.113. The molecule has 4 heteroatoms. The number of carbonyl (C=O) groups excluding carboxylic acids is 1. The molecule has 1 atom stereocenters. The van der Waals surface area contributed by atoms with Crippen molar-refractivity contribution >= 4 is 5.91 Å². The highest BCUT2D eigenvalue weighted by Crippen LogP contribution is 2.33. The minimum atomic E-state index is -0.681. The summed E-state index contributed by atoms with van der Waals surface area (Å²) < 4.78 is 5.43. The van der Waals surface area contributed by atoms with E-state index >= 15 is 0 Å². The zero-order chi connectivity index (χ0) is 13.3. The van der Waals surface area contributed by atoms with Gasteiger partial charge in [0, 0.05) is 0 Å². The number of carbonyl (C=O) groups is 1. The second kappa shape index (κ2) is 4.55. The Balaban J connectivity index is 1.87. The van der Waals surface area contributed by atoms with Crippen LogP contribution in [0.2, 0.25) is 0 Å². The molecule has 0 aliphatic heterocycles. The highest BCUT2D eigenvalue weighted by Gasteiger charge is 2.46. The van der Waals surface area contributed by atoms with Gasteiger partial charge < -0.3 is 15.5 Å². The van der Waals surface area contributed by atoms with E-state index in [1.54, 1.807) is 6.26 Å². The van der Waals surface area contributed by atoms with Gasteiger partial charge in [-0.1, -0.05) is 30.3 Å². The van der Waals surface area contributed by atoms with Crippen LogP contribution in [-0.2, 0) is 4.79 Å². The number of nitrogens with one attached hydrogen (secondary N) is 1. The summed E-state index contributed by atoms with van der Waals surface area (Å²) >= 11 is 0. The zero-order valence-electron chi connectivity index (χ0n) is 10.5. The quantitative estimate of drug-likeness (QED) is 0.878. The van der Waals surface area contributed by atoms with Crippen molar-refractivity contribution in [1.82, 2.24) is 5.32 Å². The zero-order valence-corrected chi connectivity index (χ0v) is 10.5. The summed E-state index contributed by atoms with van der Waals surface area (Å²) in [4.78, 5) is 12.1. The van der Waals surface area contributed by atoms with Crippen molar-refractivity contribution in [3.05, 3.63) is 60.1 Å². The Hall–Kier alpha value is -2.07. The van der Waals surface area contributed by atoms with Crippen molar-refractivity contribution in [2.45, 2.75) is 24.4 Å². The SMILES string of the molecule is NC1(C(=O)NC(c2ccccc2)c2ccco2)CC1. The average Bonchev–Trinajstić information content (AvgIpc) is 2.98. The first-order valence-electron chi connectivity index (χ1n) is 6.37. The largest absolute Gasteiger partial charge is 0.467 e. The molecule has 0 spiro atoms. The standard InChI is InChI=1S/C15H16N2O2/c16-15(8-9-15)14(18)17-13(12-7-4-10-19-12)11-5-2-1-3-6-11/h1-7,10,13H,8-9,16H2,(H,17,18). The summed E-state index contributed by atoms with van der Waals surface area (Å²) in [7, 11) is 0. The second-order valence-electron chi connectivity index (χ2n) is 4.99. The highest BCUT2D eigenvalue weighted by atomic mass is 16.3. The Morgan fingerprint density at radius 1 is 1.21 bits per heavy atom. The Morgan fingerprint density at radius 3 is 2.53 bits per heavy atom. The first-order valence-corrected chi connectivity index (χ1v) is 6.37. The van der Waals surface area contributed by atoms with E-state index in [9.17, 15) is 4.79 Å². The maximum absolute atomic E-state index is 12.1. The summed E-state index contributed by atoms with van der Waals surface area (Å²) in [6.07, 6.45) is 3.10. The van der Waals surface area contributed by atoms with E-state index in [0.717, 1.165) is 18.4 Å². The maximum Gasteiger partial charge on any atom is 0.240 e. The van der Waals surface area contributed by atoms with E-state index < -0.39 is 5.54 Å². The molecule has 98 valence electrons. The predicted octanol–water partition coefficient (Wildman–Crippen LogP) is 1.98. The van der Waals surface area contributed by atoms with Gasteiger partial charge in [0.15, 0.2) is 0 Å². The van der Waals surface area contributed by atoms with Crippen LogP contribution in [-0.4, -0.2) is 11.4 Å². The Kier molecular flexibility index (Phi) is 2.87. The van der Waals surface area contributed by atoms with E-state index in [4.69, 9.17) is 10.2 Å². The van der Waals surface area contributed by atoms with Crippen LogP contribution in [0.4, 0.5) is 0 Å². The van der Waals surface area contributed by atoms with Crippen LogP contribution in [0.15, 0.2) is 53.1 Å². The fraction of sp³-hybridized carbons (Fsp3) is 0.267. The maximum atomic E-state index is 12.1. The molecule has 1 aromatic heterocycles. The fourth-order valence-electron chi connectivity index (χ4n) is 2.06. The number of nitrogens with two attached hydrogens (primary N) is 1. The van der Waals surface area contributed by atoms with Gasteiger partial charge in [-0.3, -0.25) is 4.79 Å². The number of hydrogen-bond acceptors (Lipinski definition) is 3. The molecule has 1 fully saturated rings. The van der Waals surface area contributed by atoms with Crippen LogP contribution in [0.5, 0.6) is 0 Å². The molecule has 19 heavy (non-hydrogen) atoms. The number of amides is 1. The van der Waals surface area contributed by atoms with Crippen molar-refractivity contribution in [2.75, 3.05) is 0 Å². The van der Waals surface area contributed by atoms with Gasteiger partial charge in [-0.2, -0.15) is 0 Å². The van der Waals surface area contributed by atoms with Gasteiger partial charge in [-0.15, -0.1) is 0 Å². The smallest absolute Gasteiger partial charge is 0.240 e. The Bertz CT molecular complexity index is 559. The molecule has 3 N–H and O–H groups in total. The summed E-state index contributed by atoms with van der Waals surface area (Å²) in [6, 6.07) is 13.1. The minimum Gasteiger partial charge on any atom is -0.467 e. The van der Waals surface area contributed by atoms with Gasteiger partial charge in [0.05, 0.1) is 11.8 Å². The average molecular weight is 256 g/mol. The third-order valence-corrected chi connectivity index (χ3v) is 3.48. The topological polar surface area (TPSA) is 68.3 Å². The van der Waals surface area contributed by atoms with Gasteiger partial charge in [0.2, 0.25) is 5.91 Å². The highest BCUT2D eigenvalue weighted by molar-refractivity contribution is 5.89. The molecule has 0 radical (unpaired) electrons. The molecule has 1 aromatic carbocycles. The molecule has 2 aromatic rings. The lowest BCUT2D eigenvalue weighted by Gasteiger charge is -2.19. The van der Waals surface area contributed by atoms with Gasteiger partial charge in [-0.05, 0) is 30.5 Å². The monoisotopic (exact) mass is 256 g/mol. The molecule has 1 amide bonds. The van der Waals surface area contributed by atoms with E-state index in [1.807, 2.05) is 42.5 Å². The van der Waals surface area contributed by atoms with E-state index in [0.29, 0.717) is 5.76 Å². The normalized spacial score (nSPS) is 17.7. The summed E-state index contributed by atoms with van der Waals surface area (Å²) in [5.74, 6) is 0.599. The van der Waals surface area contributed by atoms with Crippen LogP contribution < -0.4 is 11.1 Å². The number of benzene rings is 1. The van der Waals surface area contributed by atoms with Crippen LogP contribution in [0.1, 0.15) is 30.2 Å². The molecular weight excluding hydrogens is 240 g/mol. The van der Waals surface area contributed by atoms with E-state index in [2.05, 4.69) is 5.32 Å². The molecule has 3 rings (SSSR count). The third kappa shape index (κ3) is 2.39.